The molecule has 3 aliphatic heterocycles. The Balaban J connectivity index is 1.44. The highest BCUT2D eigenvalue weighted by atomic mass is 32.1. The summed E-state index contributed by atoms with van der Waals surface area (Å²) in [5.74, 6) is 1.58. The third kappa shape index (κ3) is 3.67. The van der Waals surface area contributed by atoms with Gasteiger partial charge in [-0.3, -0.25) is 9.80 Å². The maximum Gasteiger partial charge on any atom is 0.0332 e. The predicted octanol–water partition coefficient (Wildman–Crippen LogP) is 4.71. The first-order valence-corrected chi connectivity index (χ1v) is 10.7. The van der Waals surface area contributed by atoms with E-state index in [1.165, 1.54) is 42.2 Å². The lowest BCUT2D eigenvalue weighted by molar-refractivity contribution is 0.000394. The summed E-state index contributed by atoms with van der Waals surface area (Å²) in [7, 11) is 0. The van der Waals surface area contributed by atoms with Crippen molar-refractivity contribution < 1.29 is 0 Å². The number of fused-ring (bicyclic) bond motifs is 3. The van der Waals surface area contributed by atoms with E-state index >= 15 is 0 Å². The predicted molar refractivity (Wildman–Crippen MR) is 105 cm³/mol. The maximum absolute atomic E-state index is 4.05. The van der Waals surface area contributed by atoms with Crippen LogP contribution in [0.3, 0.4) is 0 Å². The second kappa shape index (κ2) is 7.52. The zero-order valence-electron chi connectivity index (χ0n) is 14.1. The fourth-order valence-corrected chi connectivity index (χ4v) is 5.86. The third-order valence-electron chi connectivity index (χ3n) is 5.62. The second-order valence-electron chi connectivity index (χ2n) is 7.16. The molecule has 3 aliphatic rings. The lowest BCUT2D eigenvalue weighted by atomic mass is 9.75. The molecule has 4 unspecified atom stereocenters. The Kier molecular flexibility index (Phi) is 5.18. The molecule has 5 rings (SSSR count). The standard InChI is InChI=1S/C20H26N2S2/c1-2-16-12-22-8-7-17(16)11-18(22)13-21(14-19-5-3-9-23-19)15-20-6-4-10-24-20/h2-6,9-10,16-18H,1,7-8,11-15H2. The molecule has 3 fully saturated rings. The van der Waals surface area contributed by atoms with Gasteiger partial charge in [0, 0.05) is 42.0 Å². The number of nitrogens with zero attached hydrogens (tertiary/aromatic N) is 2. The topological polar surface area (TPSA) is 6.48 Å². The summed E-state index contributed by atoms with van der Waals surface area (Å²) in [6, 6.07) is 9.61. The lowest BCUT2D eigenvalue weighted by Gasteiger charge is -2.50. The molecule has 24 heavy (non-hydrogen) atoms. The van der Waals surface area contributed by atoms with Crippen molar-refractivity contribution in [1.29, 1.82) is 0 Å². The SMILES string of the molecule is C=CC1CN2CCC1CC2CN(Cc1cccs1)Cc1cccs1. The largest absolute Gasteiger partial charge is 0.298 e. The first-order valence-electron chi connectivity index (χ1n) is 8.95. The number of hydrogen-bond donors (Lipinski definition) is 0. The monoisotopic (exact) mass is 358 g/mol. The molecule has 0 spiro atoms. The van der Waals surface area contributed by atoms with E-state index in [4.69, 9.17) is 0 Å². The van der Waals surface area contributed by atoms with Crippen molar-refractivity contribution in [2.24, 2.45) is 11.8 Å². The van der Waals surface area contributed by atoms with Crippen LogP contribution >= 0.6 is 22.7 Å². The molecule has 0 saturated carbocycles. The summed E-state index contributed by atoms with van der Waals surface area (Å²) < 4.78 is 0. The zero-order chi connectivity index (χ0) is 16.4. The van der Waals surface area contributed by atoms with Crippen molar-refractivity contribution in [3.63, 3.8) is 0 Å². The van der Waals surface area contributed by atoms with Crippen molar-refractivity contribution in [2.45, 2.75) is 32.0 Å². The van der Waals surface area contributed by atoms with E-state index in [1.807, 2.05) is 22.7 Å². The Morgan fingerprint density at radius 1 is 1.17 bits per heavy atom. The van der Waals surface area contributed by atoms with Gasteiger partial charge in [-0.25, -0.2) is 0 Å². The summed E-state index contributed by atoms with van der Waals surface area (Å²) in [5.41, 5.74) is 0. The quantitative estimate of drug-likeness (QED) is 0.662. The number of piperidine rings is 3. The van der Waals surface area contributed by atoms with Crippen LogP contribution in [0, 0.1) is 11.8 Å². The Hall–Kier alpha value is -0.940. The molecule has 2 aromatic rings. The van der Waals surface area contributed by atoms with Crippen LogP contribution in [0.2, 0.25) is 0 Å². The van der Waals surface area contributed by atoms with E-state index in [0.29, 0.717) is 0 Å². The van der Waals surface area contributed by atoms with Crippen LogP contribution in [0.15, 0.2) is 47.7 Å². The molecule has 0 aliphatic carbocycles. The van der Waals surface area contributed by atoms with Gasteiger partial charge in [-0.15, -0.1) is 29.3 Å². The Bertz CT molecular complexity index is 598. The molecule has 5 heterocycles. The van der Waals surface area contributed by atoms with Crippen LogP contribution in [-0.4, -0.2) is 35.5 Å². The molecule has 3 saturated heterocycles. The van der Waals surface area contributed by atoms with Gasteiger partial charge in [-0.05, 0) is 54.1 Å². The minimum absolute atomic E-state index is 0.720. The van der Waals surface area contributed by atoms with Gasteiger partial charge < -0.3 is 0 Å². The molecule has 2 aromatic heterocycles. The summed E-state index contributed by atoms with van der Waals surface area (Å²) >= 11 is 3.76. The number of thiophene rings is 2. The van der Waals surface area contributed by atoms with Gasteiger partial charge in [-0.2, -0.15) is 0 Å². The van der Waals surface area contributed by atoms with Crippen LogP contribution in [0.1, 0.15) is 22.6 Å². The molecular formula is C20H26N2S2. The molecule has 0 amide bonds. The van der Waals surface area contributed by atoms with Gasteiger partial charge in [0.05, 0.1) is 0 Å². The Morgan fingerprint density at radius 2 is 1.88 bits per heavy atom. The fraction of sp³-hybridized carbons (Fsp3) is 0.500. The van der Waals surface area contributed by atoms with Gasteiger partial charge in [-0.1, -0.05) is 18.2 Å². The maximum atomic E-state index is 4.05. The molecule has 4 heteroatoms. The van der Waals surface area contributed by atoms with E-state index in [-0.39, 0.29) is 0 Å². The van der Waals surface area contributed by atoms with Gasteiger partial charge in [0.15, 0.2) is 0 Å². The smallest absolute Gasteiger partial charge is 0.0332 e. The summed E-state index contributed by atoms with van der Waals surface area (Å²) in [4.78, 5) is 8.34. The number of rotatable bonds is 7. The highest BCUT2D eigenvalue weighted by Crippen LogP contribution is 2.37. The van der Waals surface area contributed by atoms with Crippen LogP contribution in [-0.2, 0) is 13.1 Å². The minimum Gasteiger partial charge on any atom is -0.298 e. The van der Waals surface area contributed by atoms with E-state index in [0.717, 1.165) is 31.0 Å². The van der Waals surface area contributed by atoms with E-state index in [2.05, 4.69) is 57.5 Å². The summed E-state index contributed by atoms with van der Waals surface area (Å²) in [5, 5.41) is 4.39. The molecule has 0 radical (unpaired) electrons. The van der Waals surface area contributed by atoms with Crippen molar-refractivity contribution in [3.05, 3.63) is 57.4 Å². The molecule has 2 nitrogen and oxygen atoms in total. The fourth-order valence-electron chi connectivity index (χ4n) is 4.37. The normalized spacial score (nSPS) is 29.2. The van der Waals surface area contributed by atoms with Crippen LogP contribution < -0.4 is 0 Å². The van der Waals surface area contributed by atoms with Crippen molar-refractivity contribution in [3.8, 4) is 0 Å². The zero-order valence-corrected chi connectivity index (χ0v) is 15.8. The molecule has 4 atom stereocenters. The first kappa shape index (κ1) is 16.5. The highest BCUT2D eigenvalue weighted by Gasteiger charge is 2.39. The van der Waals surface area contributed by atoms with E-state index in [1.54, 1.807) is 0 Å². The molecular weight excluding hydrogens is 332 g/mol. The van der Waals surface area contributed by atoms with Crippen LogP contribution in [0.25, 0.3) is 0 Å². The number of hydrogen-bond acceptors (Lipinski definition) is 4. The summed E-state index contributed by atoms with van der Waals surface area (Å²) in [6.45, 7) is 9.91. The van der Waals surface area contributed by atoms with E-state index in [9.17, 15) is 0 Å². The first-order chi connectivity index (χ1) is 11.8. The molecule has 0 aromatic carbocycles. The average Bonchev–Trinajstić information content (AvgIpc) is 3.29. The van der Waals surface area contributed by atoms with Gasteiger partial charge >= 0.3 is 0 Å². The molecule has 0 N–H and O–H groups in total. The third-order valence-corrected chi connectivity index (χ3v) is 7.34. The summed E-state index contributed by atoms with van der Waals surface area (Å²) in [6.07, 6.45) is 4.91. The second-order valence-corrected chi connectivity index (χ2v) is 9.23. The van der Waals surface area contributed by atoms with Crippen molar-refractivity contribution in [1.82, 2.24) is 9.80 Å². The average molecular weight is 359 g/mol. The highest BCUT2D eigenvalue weighted by molar-refractivity contribution is 7.10. The van der Waals surface area contributed by atoms with Crippen molar-refractivity contribution >= 4 is 22.7 Å². The van der Waals surface area contributed by atoms with E-state index < -0.39 is 0 Å². The Morgan fingerprint density at radius 3 is 2.38 bits per heavy atom. The van der Waals surface area contributed by atoms with Crippen LogP contribution in [0.5, 0.6) is 0 Å². The molecule has 2 bridgehead atoms. The van der Waals surface area contributed by atoms with Gasteiger partial charge in [0.25, 0.3) is 0 Å². The Labute approximate surface area is 153 Å². The van der Waals surface area contributed by atoms with Gasteiger partial charge in [0.2, 0.25) is 0 Å². The molecule has 128 valence electrons. The van der Waals surface area contributed by atoms with Crippen LogP contribution in [0.4, 0.5) is 0 Å². The minimum atomic E-state index is 0.720. The van der Waals surface area contributed by atoms with Gasteiger partial charge in [0.1, 0.15) is 0 Å². The van der Waals surface area contributed by atoms with Crippen molar-refractivity contribution in [2.75, 3.05) is 19.6 Å². The lowest BCUT2D eigenvalue weighted by Crippen LogP contribution is -2.56.